The minimum Gasteiger partial charge on any atom is -0.357 e. The molecule has 0 aromatic heterocycles. The zero-order valence-corrected chi connectivity index (χ0v) is 20.7. The molecule has 3 N–H and O–H groups in total. The van der Waals surface area contributed by atoms with Crippen LogP contribution in [0.1, 0.15) is 64.7 Å². The largest absolute Gasteiger partial charge is 0.357 e. The van der Waals surface area contributed by atoms with Crippen LogP contribution in [-0.4, -0.2) is 62.9 Å². The number of hydrogen-bond donors (Lipinski definition) is 3. The number of carbonyl (C=O) groups is 2. The van der Waals surface area contributed by atoms with Crippen LogP contribution >= 0.6 is 24.0 Å². The average Bonchev–Trinajstić information content (AvgIpc) is 3.19. The first kappa shape index (κ1) is 26.0. The third-order valence-corrected chi connectivity index (χ3v) is 6.00. The molecule has 0 atom stereocenters. The van der Waals surface area contributed by atoms with Crippen LogP contribution in [-0.2, 0) is 9.59 Å². The van der Waals surface area contributed by atoms with Crippen molar-refractivity contribution in [3.8, 4) is 0 Å². The van der Waals surface area contributed by atoms with Crippen molar-refractivity contribution in [2.75, 3.05) is 40.3 Å². The van der Waals surface area contributed by atoms with Gasteiger partial charge >= 0.3 is 0 Å². The summed E-state index contributed by atoms with van der Waals surface area (Å²) >= 11 is 0. The molecule has 0 aromatic carbocycles. The van der Waals surface area contributed by atoms with E-state index < -0.39 is 0 Å². The SMILES string of the molecule is CCNC(=NCC1(C(=O)N(C)C)CCCC1)NCCNC(=O)C1CCCCC1.I. The van der Waals surface area contributed by atoms with E-state index in [0.29, 0.717) is 25.6 Å². The number of rotatable bonds is 8. The van der Waals surface area contributed by atoms with Gasteiger partial charge in [-0.3, -0.25) is 14.6 Å². The van der Waals surface area contributed by atoms with Gasteiger partial charge in [0.15, 0.2) is 5.96 Å². The highest BCUT2D eigenvalue weighted by atomic mass is 127. The molecule has 0 aromatic rings. The van der Waals surface area contributed by atoms with Crippen LogP contribution < -0.4 is 16.0 Å². The summed E-state index contributed by atoms with van der Waals surface area (Å²) in [6.07, 6.45) is 9.62. The zero-order valence-electron chi connectivity index (χ0n) is 18.4. The average molecular weight is 521 g/mol. The Hall–Kier alpha value is -1.06. The van der Waals surface area contributed by atoms with Crippen molar-refractivity contribution in [2.45, 2.75) is 64.7 Å². The highest BCUT2D eigenvalue weighted by Gasteiger charge is 2.42. The Labute approximate surface area is 193 Å². The van der Waals surface area contributed by atoms with E-state index in [1.54, 1.807) is 4.90 Å². The molecular formula is C21H40IN5O2. The van der Waals surface area contributed by atoms with Crippen molar-refractivity contribution in [1.82, 2.24) is 20.9 Å². The lowest BCUT2D eigenvalue weighted by Crippen LogP contribution is -2.44. The summed E-state index contributed by atoms with van der Waals surface area (Å²) in [5.41, 5.74) is -0.360. The van der Waals surface area contributed by atoms with Gasteiger partial charge in [0.2, 0.25) is 11.8 Å². The lowest BCUT2D eigenvalue weighted by Gasteiger charge is -2.29. The van der Waals surface area contributed by atoms with Gasteiger partial charge in [0.05, 0.1) is 12.0 Å². The summed E-state index contributed by atoms with van der Waals surface area (Å²) in [7, 11) is 3.65. The molecule has 2 amide bonds. The summed E-state index contributed by atoms with van der Waals surface area (Å²) in [5.74, 6) is 1.27. The Morgan fingerprint density at radius 1 is 0.966 bits per heavy atom. The summed E-state index contributed by atoms with van der Waals surface area (Å²) in [4.78, 5) is 31.3. The van der Waals surface area contributed by atoms with E-state index in [2.05, 4.69) is 16.0 Å². The Balaban J connectivity index is 0.00000420. The monoisotopic (exact) mass is 521 g/mol. The molecule has 0 unspecified atom stereocenters. The Kier molecular flexibility index (Phi) is 11.9. The maximum atomic E-state index is 12.7. The molecule has 0 saturated heterocycles. The van der Waals surface area contributed by atoms with Crippen molar-refractivity contribution in [3.63, 3.8) is 0 Å². The fraction of sp³-hybridized carbons (Fsp3) is 0.857. The van der Waals surface area contributed by atoms with Crippen LogP contribution in [0.4, 0.5) is 0 Å². The molecule has 2 rings (SSSR count). The first-order valence-electron chi connectivity index (χ1n) is 11.0. The molecule has 7 nitrogen and oxygen atoms in total. The van der Waals surface area contributed by atoms with Gasteiger partial charge in [-0.2, -0.15) is 0 Å². The number of carbonyl (C=O) groups excluding carboxylic acids is 2. The molecule has 8 heteroatoms. The van der Waals surface area contributed by atoms with E-state index in [-0.39, 0.29) is 47.1 Å². The summed E-state index contributed by atoms with van der Waals surface area (Å²) in [6, 6.07) is 0. The van der Waals surface area contributed by atoms with Gasteiger partial charge in [0.25, 0.3) is 0 Å². The van der Waals surface area contributed by atoms with E-state index in [1.165, 1.54) is 19.3 Å². The van der Waals surface area contributed by atoms with Crippen LogP contribution in [0.5, 0.6) is 0 Å². The van der Waals surface area contributed by atoms with E-state index in [9.17, 15) is 9.59 Å². The summed E-state index contributed by atoms with van der Waals surface area (Å²) in [5, 5.41) is 9.57. The van der Waals surface area contributed by atoms with Gasteiger partial charge in [-0.25, -0.2) is 0 Å². The second kappa shape index (κ2) is 13.3. The second-order valence-corrected chi connectivity index (χ2v) is 8.43. The van der Waals surface area contributed by atoms with Gasteiger partial charge < -0.3 is 20.9 Å². The minimum atomic E-state index is -0.360. The number of halogens is 1. The quantitative estimate of drug-likeness (QED) is 0.198. The maximum Gasteiger partial charge on any atom is 0.230 e. The maximum absolute atomic E-state index is 12.7. The fourth-order valence-electron chi connectivity index (χ4n) is 4.41. The Morgan fingerprint density at radius 2 is 1.59 bits per heavy atom. The predicted octanol–water partition coefficient (Wildman–Crippen LogP) is 2.50. The van der Waals surface area contributed by atoms with Gasteiger partial charge in [0.1, 0.15) is 0 Å². The molecular weight excluding hydrogens is 481 g/mol. The minimum absolute atomic E-state index is 0. The van der Waals surface area contributed by atoms with Crippen LogP contribution in [0.2, 0.25) is 0 Å². The summed E-state index contributed by atoms with van der Waals surface area (Å²) < 4.78 is 0. The second-order valence-electron chi connectivity index (χ2n) is 8.43. The van der Waals surface area contributed by atoms with Gasteiger partial charge in [-0.15, -0.1) is 24.0 Å². The standard InChI is InChI=1S/C21H39N5O2.HI/c1-4-22-20(24-15-14-23-18(27)17-10-6-5-7-11-17)25-16-21(12-8-9-13-21)19(28)26(2)3;/h17H,4-16H2,1-3H3,(H,23,27)(H2,22,24,25);1H. The molecule has 0 aliphatic heterocycles. The van der Waals surface area contributed by atoms with Crippen LogP contribution in [0.25, 0.3) is 0 Å². The molecule has 2 saturated carbocycles. The molecule has 0 bridgehead atoms. The number of nitrogens with zero attached hydrogens (tertiary/aromatic N) is 2. The van der Waals surface area contributed by atoms with Gasteiger partial charge in [-0.05, 0) is 32.6 Å². The highest BCUT2D eigenvalue weighted by Crippen LogP contribution is 2.39. The lowest BCUT2D eigenvalue weighted by atomic mass is 9.85. The molecule has 0 radical (unpaired) electrons. The van der Waals surface area contributed by atoms with Crippen LogP contribution in [0, 0.1) is 11.3 Å². The number of nitrogens with one attached hydrogen (secondary N) is 3. The number of guanidine groups is 1. The summed E-state index contributed by atoms with van der Waals surface area (Å²) in [6.45, 7) is 4.50. The van der Waals surface area contributed by atoms with Crippen molar-refractivity contribution in [2.24, 2.45) is 16.3 Å². The third-order valence-electron chi connectivity index (χ3n) is 6.00. The molecule has 0 spiro atoms. The first-order chi connectivity index (χ1) is 13.5. The topological polar surface area (TPSA) is 85.8 Å². The van der Waals surface area contributed by atoms with Crippen LogP contribution in [0.15, 0.2) is 4.99 Å². The Morgan fingerprint density at radius 3 is 2.17 bits per heavy atom. The third kappa shape index (κ3) is 7.94. The molecule has 29 heavy (non-hydrogen) atoms. The first-order valence-corrected chi connectivity index (χ1v) is 11.0. The van der Waals surface area contributed by atoms with E-state index >= 15 is 0 Å². The van der Waals surface area contributed by atoms with Gasteiger partial charge in [0, 0.05) is 39.6 Å². The van der Waals surface area contributed by atoms with Crippen molar-refractivity contribution >= 4 is 41.8 Å². The molecule has 2 aliphatic rings. The van der Waals surface area contributed by atoms with E-state index in [1.807, 2.05) is 21.0 Å². The Bertz CT molecular complexity index is 541. The van der Waals surface area contributed by atoms with Crippen LogP contribution in [0.3, 0.4) is 0 Å². The van der Waals surface area contributed by atoms with Gasteiger partial charge in [-0.1, -0.05) is 32.1 Å². The number of aliphatic imine (C=N–C) groups is 1. The molecule has 2 aliphatic carbocycles. The smallest absolute Gasteiger partial charge is 0.230 e. The van der Waals surface area contributed by atoms with Crippen molar-refractivity contribution < 1.29 is 9.59 Å². The molecule has 2 fully saturated rings. The van der Waals surface area contributed by atoms with E-state index in [0.717, 1.165) is 45.1 Å². The number of amides is 2. The lowest BCUT2D eigenvalue weighted by molar-refractivity contribution is -0.138. The highest BCUT2D eigenvalue weighted by molar-refractivity contribution is 14.0. The predicted molar refractivity (Wildman–Crippen MR) is 129 cm³/mol. The normalized spacial score (nSPS) is 19.2. The zero-order chi connectivity index (χ0) is 20.4. The van der Waals surface area contributed by atoms with Crippen molar-refractivity contribution in [3.05, 3.63) is 0 Å². The molecule has 168 valence electrons. The number of hydrogen-bond acceptors (Lipinski definition) is 3. The fourth-order valence-corrected chi connectivity index (χ4v) is 4.41. The van der Waals surface area contributed by atoms with Crippen molar-refractivity contribution in [1.29, 1.82) is 0 Å². The molecule has 0 heterocycles. The van der Waals surface area contributed by atoms with E-state index in [4.69, 9.17) is 4.99 Å².